The Hall–Kier alpha value is -4.79. The second-order valence-electron chi connectivity index (χ2n) is 14.6. The monoisotopic (exact) mass is 729 g/mol. The molecule has 2 aromatic carbocycles. The van der Waals surface area contributed by atoms with Crippen molar-refractivity contribution in [2.45, 2.75) is 77.9 Å². The molecule has 11 nitrogen and oxygen atoms in total. The van der Waals surface area contributed by atoms with Crippen LogP contribution in [0.2, 0.25) is 5.02 Å². The molecular formula is C35H38ClF4N8O3+. The van der Waals surface area contributed by atoms with Gasteiger partial charge >= 0.3 is 24.8 Å². The van der Waals surface area contributed by atoms with Gasteiger partial charge in [-0.15, -0.1) is 4.68 Å². The number of aliphatic imine (C=N–C) groups is 1. The smallest absolute Gasteiger partial charge is 0.391 e. The maximum Gasteiger partial charge on any atom is 0.391 e. The molecule has 4 aromatic rings. The van der Waals surface area contributed by atoms with E-state index in [2.05, 4.69) is 15.2 Å². The third-order valence-electron chi connectivity index (χ3n) is 9.20. The summed E-state index contributed by atoms with van der Waals surface area (Å²) in [7, 11) is 0. The molecule has 2 atom stereocenters. The van der Waals surface area contributed by atoms with Crippen molar-refractivity contribution < 1.29 is 36.6 Å². The predicted octanol–water partition coefficient (Wildman–Crippen LogP) is 6.80. The number of hydrogen-bond donors (Lipinski definition) is 2. The average Bonchev–Trinajstić information content (AvgIpc) is 3.43. The first-order chi connectivity index (χ1) is 24.0. The summed E-state index contributed by atoms with van der Waals surface area (Å²) in [6.45, 7) is 4.74. The summed E-state index contributed by atoms with van der Waals surface area (Å²) in [6, 6.07) is 10.3. The van der Waals surface area contributed by atoms with Gasteiger partial charge < -0.3 is 10.5 Å². The Balaban J connectivity index is 1.40. The fraction of sp³-hybridized carbons (Fsp3) is 0.429. The zero-order valence-electron chi connectivity index (χ0n) is 28.4. The number of amides is 1. The van der Waals surface area contributed by atoms with Crippen LogP contribution >= 0.6 is 11.6 Å². The maximum atomic E-state index is 14.9. The van der Waals surface area contributed by atoms with Gasteiger partial charge in [-0.2, -0.15) is 27.8 Å². The van der Waals surface area contributed by atoms with Gasteiger partial charge in [0.15, 0.2) is 17.2 Å². The van der Waals surface area contributed by atoms with Gasteiger partial charge in [0.2, 0.25) is 6.33 Å². The van der Waals surface area contributed by atoms with Crippen LogP contribution in [-0.2, 0) is 19.9 Å². The van der Waals surface area contributed by atoms with Crippen molar-refractivity contribution in [2.75, 3.05) is 6.61 Å². The van der Waals surface area contributed by atoms with E-state index in [1.165, 1.54) is 29.4 Å². The van der Waals surface area contributed by atoms with Crippen molar-refractivity contribution in [1.82, 2.24) is 24.8 Å². The summed E-state index contributed by atoms with van der Waals surface area (Å²) in [5, 5.41) is 6.47. The lowest BCUT2D eigenvalue weighted by atomic mass is 9.75. The van der Waals surface area contributed by atoms with E-state index in [0.717, 1.165) is 23.9 Å². The molecular weight excluding hydrogens is 692 g/mol. The van der Waals surface area contributed by atoms with Crippen LogP contribution in [0.4, 0.5) is 17.6 Å². The number of nitrogens with zero attached hydrogens (tertiary/aromatic N) is 6. The summed E-state index contributed by atoms with van der Waals surface area (Å²) in [4.78, 5) is 37.7. The highest BCUT2D eigenvalue weighted by atomic mass is 35.5. The molecule has 270 valence electrons. The number of nitrogens with one attached hydrogen (secondary N) is 1. The molecule has 2 aliphatic rings. The van der Waals surface area contributed by atoms with Gasteiger partial charge in [-0.1, -0.05) is 69.6 Å². The van der Waals surface area contributed by atoms with E-state index in [-0.39, 0.29) is 41.5 Å². The fourth-order valence-electron chi connectivity index (χ4n) is 6.42. The number of rotatable bonds is 12. The Morgan fingerprint density at radius 3 is 2.43 bits per heavy atom. The fourth-order valence-corrected chi connectivity index (χ4v) is 6.62. The largest absolute Gasteiger partial charge is 0.463 e. The highest BCUT2D eigenvalue weighted by Gasteiger charge is 2.53. The van der Waals surface area contributed by atoms with Crippen LogP contribution in [0.3, 0.4) is 0 Å². The van der Waals surface area contributed by atoms with Gasteiger partial charge in [-0.25, -0.2) is 9.67 Å². The first kappa shape index (κ1) is 36.0. The zero-order chi connectivity index (χ0) is 36.9. The zero-order valence-corrected chi connectivity index (χ0v) is 29.2. The Kier molecular flexibility index (Phi) is 9.46. The van der Waals surface area contributed by atoms with Gasteiger partial charge in [0, 0.05) is 11.8 Å². The van der Waals surface area contributed by atoms with Crippen LogP contribution in [-0.4, -0.2) is 49.2 Å². The summed E-state index contributed by atoms with van der Waals surface area (Å²) < 4.78 is 61.4. The van der Waals surface area contributed by atoms with Crippen molar-refractivity contribution in [1.29, 1.82) is 0 Å². The molecule has 0 spiro atoms. The molecule has 1 aliphatic heterocycles. The minimum atomic E-state index is -2.93. The van der Waals surface area contributed by atoms with Crippen LogP contribution in [0.15, 0.2) is 66.2 Å². The van der Waals surface area contributed by atoms with E-state index in [1.807, 2.05) is 27.7 Å². The standard InChI is InChI=1S/C35H37ClF4N8O3/c1-33(2,3)18-35(23-8-5-20(6-9-23)22-15-43-46(16-22)31(39)40)30(50)47(32(41)45-35)26(17-51-27(49)14-34(4)11-12-34)21-7-10-24(36)25(13-21)48-29(28(37)38)42-19-44-48/h5-10,13,15-16,19,26,28,31H,11-12,14,17-18H2,1-4H3,(H2,41,45)/p+1/t26-,35-/m1/s1. The number of carbonyl (C=O) groups excluding carboxylic acids is 2. The SMILES string of the molecule is CC(C)(C)C[C@]1(c2ccc(-c3cnn(C(F)F)c3)cc2)N=C(N)N([C@H](COC(=O)CC2(C)CC2)c2ccc(Cl)c(-[n+]3[nH]cnc3C(F)F)c2)C1=O. The third-order valence-corrected chi connectivity index (χ3v) is 9.52. The molecule has 1 fully saturated rings. The molecule has 51 heavy (non-hydrogen) atoms. The number of alkyl halides is 4. The predicted molar refractivity (Wildman–Crippen MR) is 179 cm³/mol. The molecule has 1 amide bonds. The number of hydrogen-bond acceptors (Lipinski definition) is 7. The Labute approximate surface area is 296 Å². The molecule has 0 unspecified atom stereocenters. The lowest BCUT2D eigenvalue weighted by molar-refractivity contribution is -0.669. The molecule has 0 radical (unpaired) electrons. The highest BCUT2D eigenvalue weighted by molar-refractivity contribution is 6.32. The molecule has 0 bridgehead atoms. The van der Waals surface area contributed by atoms with Gasteiger partial charge in [0.1, 0.15) is 6.61 Å². The lowest BCUT2D eigenvalue weighted by Gasteiger charge is -2.35. The average molecular weight is 730 g/mol. The normalized spacial score (nSPS) is 19.2. The Morgan fingerprint density at radius 1 is 1.12 bits per heavy atom. The van der Waals surface area contributed by atoms with Crippen molar-refractivity contribution >= 4 is 29.4 Å². The lowest BCUT2D eigenvalue weighted by Crippen LogP contribution is -2.47. The Morgan fingerprint density at radius 2 is 1.82 bits per heavy atom. The number of guanidine groups is 1. The summed E-state index contributed by atoms with van der Waals surface area (Å²) >= 11 is 6.49. The van der Waals surface area contributed by atoms with E-state index in [9.17, 15) is 27.2 Å². The van der Waals surface area contributed by atoms with Crippen LogP contribution < -0.4 is 10.4 Å². The van der Waals surface area contributed by atoms with Crippen LogP contribution in [0.1, 0.15) is 89.3 Å². The topological polar surface area (TPSA) is 135 Å². The number of halogens is 5. The molecule has 2 aromatic heterocycles. The van der Waals surface area contributed by atoms with E-state index in [0.29, 0.717) is 26.9 Å². The number of ether oxygens (including phenoxy) is 1. The van der Waals surface area contributed by atoms with E-state index in [1.54, 1.807) is 30.3 Å². The van der Waals surface area contributed by atoms with Crippen molar-refractivity contribution in [2.24, 2.45) is 21.6 Å². The van der Waals surface area contributed by atoms with Crippen molar-refractivity contribution in [3.8, 4) is 16.8 Å². The molecule has 3 N–H and O–H groups in total. The first-order valence-corrected chi connectivity index (χ1v) is 16.7. The second kappa shape index (κ2) is 13.4. The van der Waals surface area contributed by atoms with E-state index >= 15 is 0 Å². The molecule has 16 heteroatoms. The van der Waals surface area contributed by atoms with Crippen LogP contribution in [0.25, 0.3) is 16.8 Å². The summed E-state index contributed by atoms with van der Waals surface area (Å²) in [5.74, 6) is -1.67. The van der Waals surface area contributed by atoms with Crippen molar-refractivity contribution in [3.05, 3.63) is 83.2 Å². The maximum absolute atomic E-state index is 14.9. The number of H-pyrrole nitrogens is 1. The summed E-state index contributed by atoms with van der Waals surface area (Å²) in [6.07, 6.45) is 2.94. The highest BCUT2D eigenvalue weighted by Crippen LogP contribution is 2.49. The van der Waals surface area contributed by atoms with Crippen LogP contribution in [0, 0.1) is 10.8 Å². The van der Waals surface area contributed by atoms with Gasteiger partial charge in [0.05, 0.1) is 23.7 Å². The van der Waals surface area contributed by atoms with Crippen molar-refractivity contribution in [3.63, 3.8) is 0 Å². The molecule has 1 aliphatic carbocycles. The first-order valence-electron chi connectivity index (χ1n) is 16.3. The number of aromatic nitrogens is 5. The summed E-state index contributed by atoms with van der Waals surface area (Å²) in [5.41, 5.74) is 6.57. The van der Waals surface area contributed by atoms with Gasteiger partial charge in [-0.3, -0.25) is 14.5 Å². The van der Waals surface area contributed by atoms with Gasteiger partial charge in [0.25, 0.3) is 5.91 Å². The molecule has 0 saturated heterocycles. The minimum absolute atomic E-state index is 0.114. The second-order valence-corrected chi connectivity index (χ2v) is 15.0. The molecule has 1 saturated carbocycles. The number of carbonyl (C=O) groups is 2. The van der Waals surface area contributed by atoms with Crippen LogP contribution in [0.5, 0.6) is 0 Å². The third kappa shape index (κ3) is 7.34. The Bertz CT molecular complexity index is 1970. The molecule has 6 rings (SSSR count). The minimum Gasteiger partial charge on any atom is -0.463 e. The van der Waals surface area contributed by atoms with Gasteiger partial charge in [-0.05, 0) is 63.9 Å². The van der Waals surface area contributed by atoms with E-state index in [4.69, 9.17) is 27.1 Å². The number of esters is 1. The number of aromatic amines is 1. The quantitative estimate of drug-likeness (QED) is 0.0936. The number of nitrogens with two attached hydrogens (primary N) is 1. The van der Waals surface area contributed by atoms with E-state index < -0.39 is 47.7 Å². The number of benzene rings is 2. The molecule has 3 heterocycles.